The maximum absolute atomic E-state index is 13.3. The van der Waals surface area contributed by atoms with Crippen LogP contribution in [0.5, 0.6) is 0 Å². The van der Waals surface area contributed by atoms with Gasteiger partial charge in [0.25, 0.3) is 0 Å². The standard InChI is InChI=1S/C38H60O14/c1-5-6-7-8-9-10-32(42)51-36-24(16-33(43)46-4)15-30-22-31(23-39)49-34(44)20-26(41)19-28-17-25(40)18-29(48-28)21-27-12-14-47-35(50-27)11-13-37(2,3)38(36,45)52-30/h11,13,16,25-31,35-36,39-41,45H,5-10,12,14-15,17-23H2,1-4H3/b13-11-,24-16+/t25-,26+,27-,28-,29+,30-,31+,35-,36-,38+/m0/s1. The summed E-state index contributed by atoms with van der Waals surface area (Å²) >= 11 is 0. The Bertz CT molecular complexity index is 1230. The maximum atomic E-state index is 13.3. The van der Waals surface area contributed by atoms with E-state index in [0.29, 0.717) is 38.7 Å². The van der Waals surface area contributed by atoms with Crippen molar-refractivity contribution in [2.24, 2.45) is 5.41 Å². The second-order valence-corrected chi connectivity index (χ2v) is 15.1. The number of cyclic esters (lactones) is 1. The lowest BCUT2D eigenvalue weighted by atomic mass is 9.74. The number of hydrogen-bond acceptors (Lipinski definition) is 14. The molecule has 3 saturated heterocycles. The van der Waals surface area contributed by atoms with Gasteiger partial charge in [-0.05, 0) is 43.8 Å². The largest absolute Gasteiger partial charge is 0.466 e. The predicted molar refractivity (Wildman–Crippen MR) is 185 cm³/mol. The molecule has 0 spiro atoms. The highest BCUT2D eigenvalue weighted by Crippen LogP contribution is 2.47. The summed E-state index contributed by atoms with van der Waals surface area (Å²) in [7, 11) is 1.21. The fraction of sp³-hybridized carbons (Fsp3) is 0.816. The van der Waals surface area contributed by atoms with Gasteiger partial charge in [0, 0.05) is 37.2 Å². The Morgan fingerprint density at radius 2 is 1.65 bits per heavy atom. The lowest BCUT2D eigenvalue weighted by Gasteiger charge is -2.51. The van der Waals surface area contributed by atoms with Gasteiger partial charge in [-0.15, -0.1) is 0 Å². The molecule has 14 nitrogen and oxygen atoms in total. The summed E-state index contributed by atoms with van der Waals surface area (Å²) in [5.41, 5.74) is -1.10. The van der Waals surface area contributed by atoms with Gasteiger partial charge < -0.3 is 53.6 Å². The molecule has 0 saturated carbocycles. The minimum Gasteiger partial charge on any atom is -0.466 e. The fourth-order valence-electron chi connectivity index (χ4n) is 7.44. The van der Waals surface area contributed by atoms with Crippen molar-refractivity contribution < 1.29 is 68.0 Å². The van der Waals surface area contributed by atoms with E-state index in [1.807, 2.05) is 0 Å². The lowest BCUT2D eigenvalue weighted by molar-refractivity contribution is -0.327. The molecule has 6 bridgehead atoms. The van der Waals surface area contributed by atoms with Crippen molar-refractivity contribution in [3.05, 3.63) is 23.8 Å². The SMILES string of the molecule is CCCCCCCC(=O)O[C@H]1/C(=C/C(=O)OC)C[C@H]2C[C@H](CO)OC(=O)C[C@H](O)C[C@@H]3C[C@H](O)C[C@H](C[C@@H]4CCO[C@H](/C=C\C(C)(C)[C@]1(O)O2)O4)O3. The third-order valence-corrected chi connectivity index (χ3v) is 10.3. The third-order valence-electron chi connectivity index (χ3n) is 10.3. The summed E-state index contributed by atoms with van der Waals surface area (Å²) in [6.07, 6.45) is 3.30. The lowest BCUT2D eigenvalue weighted by Crippen LogP contribution is -2.62. The second kappa shape index (κ2) is 19.8. The summed E-state index contributed by atoms with van der Waals surface area (Å²) in [5, 5.41) is 44.2. The zero-order valence-electron chi connectivity index (χ0n) is 31.1. The molecule has 4 heterocycles. The zero-order valence-corrected chi connectivity index (χ0v) is 31.1. The quantitative estimate of drug-likeness (QED) is 0.0884. The Labute approximate surface area is 306 Å². The number of aliphatic hydroxyl groups excluding tert-OH is 3. The molecule has 296 valence electrons. The molecule has 0 radical (unpaired) electrons. The number of esters is 3. The van der Waals surface area contributed by atoms with Crippen LogP contribution in [0.2, 0.25) is 0 Å². The molecule has 3 fully saturated rings. The molecule has 4 rings (SSSR count). The minimum absolute atomic E-state index is 0.0264. The molecule has 4 aliphatic rings. The monoisotopic (exact) mass is 740 g/mol. The second-order valence-electron chi connectivity index (χ2n) is 15.1. The van der Waals surface area contributed by atoms with E-state index in [0.717, 1.165) is 25.7 Å². The fourth-order valence-corrected chi connectivity index (χ4v) is 7.44. The first kappa shape index (κ1) is 42.3. The molecule has 4 N–H and O–H groups in total. The number of unbranched alkanes of at least 4 members (excludes halogenated alkanes) is 4. The molecular formula is C38H60O14. The maximum Gasteiger partial charge on any atom is 0.330 e. The average Bonchev–Trinajstić information content (AvgIpc) is 3.07. The molecular weight excluding hydrogens is 680 g/mol. The van der Waals surface area contributed by atoms with E-state index >= 15 is 0 Å². The number of fused-ring (bicyclic) bond motifs is 6. The van der Waals surface area contributed by atoms with Crippen LogP contribution < -0.4 is 0 Å². The highest BCUT2D eigenvalue weighted by Gasteiger charge is 2.57. The van der Waals surface area contributed by atoms with Gasteiger partial charge in [0.1, 0.15) is 6.10 Å². The van der Waals surface area contributed by atoms with E-state index in [1.165, 1.54) is 13.2 Å². The van der Waals surface area contributed by atoms with Crippen molar-refractivity contribution in [2.45, 2.75) is 172 Å². The van der Waals surface area contributed by atoms with E-state index < -0.39 is 78.6 Å². The van der Waals surface area contributed by atoms with Crippen molar-refractivity contribution in [2.75, 3.05) is 20.3 Å². The summed E-state index contributed by atoms with van der Waals surface area (Å²) in [4.78, 5) is 38.9. The highest BCUT2D eigenvalue weighted by atomic mass is 16.7. The van der Waals surface area contributed by atoms with Gasteiger partial charge in [-0.25, -0.2) is 4.79 Å². The van der Waals surface area contributed by atoms with Crippen molar-refractivity contribution >= 4 is 17.9 Å². The van der Waals surface area contributed by atoms with Gasteiger partial charge in [0.15, 0.2) is 12.4 Å². The zero-order chi connectivity index (χ0) is 37.9. The normalized spacial score (nSPS) is 37.3. The average molecular weight is 741 g/mol. The van der Waals surface area contributed by atoms with Crippen LogP contribution in [0.25, 0.3) is 0 Å². The number of carbonyl (C=O) groups excluding carboxylic acids is 3. The predicted octanol–water partition coefficient (Wildman–Crippen LogP) is 3.30. The molecule has 0 aliphatic carbocycles. The van der Waals surface area contributed by atoms with Crippen LogP contribution in [0, 0.1) is 5.41 Å². The van der Waals surface area contributed by atoms with Gasteiger partial charge in [0.2, 0.25) is 5.79 Å². The Balaban J connectivity index is 1.68. The Morgan fingerprint density at radius 3 is 2.37 bits per heavy atom. The first-order valence-corrected chi connectivity index (χ1v) is 18.9. The first-order valence-electron chi connectivity index (χ1n) is 18.9. The van der Waals surface area contributed by atoms with E-state index in [-0.39, 0.29) is 49.9 Å². The molecule has 0 aromatic heterocycles. The van der Waals surface area contributed by atoms with Gasteiger partial charge in [-0.1, -0.05) is 52.5 Å². The van der Waals surface area contributed by atoms with Crippen LogP contribution in [0.4, 0.5) is 0 Å². The van der Waals surface area contributed by atoms with Crippen LogP contribution >= 0.6 is 0 Å². The van der Waals surface area contributed by atoms with Gasteiger partial charge >= 0.3 is 17.9 Å². The molecule has 4 aliphatic heterocycles. The number of methoxy groups -OCH3 is 1. The van der Waals surface area contributed by atoms with E-state index in [4.69, 9.17) is 33.2 Å². The number of hydrogen-bond donors (Lipinski definition) is 4. The molecule has 0 unspecified atom stereocenters. The topological polar surface area (TPSA) is 197 Å². The Morgan fingerprint density at radius 1 is 0.942 bits per heavy atom. The molecule has 0 aromatic rings. The summed E-state index contributed by atoms with van der Waals surface area (Å²) in [6, 6.07) is 0. The van der Waals surface area contributed by atoms with Gasteiger partial charge in [-0.2, -0.15) is 0 Å². The number of ether oxygens (including phenoxy) is 7. The summed E-state index contributed by atoms with van der Waals surface area (Å²) in [5.74, 6) is -4.34. The van der Waals surface area contributed by atoms with Crippen LogP contribution in [-0.2, 0) is 47.5 Å². The third kappa shape index (κ3) is 12.0. The minimum atomic E-state index is -2.28. The number of carbonyl (C=O) groups is 3. The van der Waals surface area contributed by atoms with Crippen LogP contribution in [-0.4, -0.2) is 120 Å². The molecule has 14 heteroatoms. The first-order chi connectivity index (χ1) is 24.7. The van der Waals surface area contributed by atoms with Crippen molar-refractivity contribution in [3.63, 3.8) is 0 Å². The smallest absolute Gasteiger partial charge is 0.330 e. The molecule has 10 atom stereocenters. The Hall–Kier alpha value is -2.43. The number of rotatable bonds is 9. The summed E-state index contributed by atoms with van der Waals surface area (Å²) < 4.78 is 41.2. The Kier molecular flexibility index (Phi) is 16.1. The van der Waals surface area contributed by atoms with E-state index in [2.05, 4.69) is 6.92 Å². The molecule has 0 aromatic carbocycles. The van der Waals surface area contributed by atoms with Crippen LogP contribution in [0.15, 0.2) is 23.8 Å². The number of aliphatic hydroxyl groups is 4. The van der Waals surface area contributed by atoms with Gasteiger partial charge in [0.05, 0.1) is 63.4 Å². The highest BCUT2D eigenvalue weighted by molar-refractivity contribution is 5.83. The summed E-state index contributed by atoms with van der Waals surface area (Å²) in [6.45, 7) is 5.26. The van der Waals surface area contributed by atoms with Crippen molar-refractivity contribution in [1.29, 1.82) is 0 Å². The van der Waals surface area contributed by atoms with Crippen molar-refractivity contribution in [1.82, 2.24) is 0 Å². The molecule has 52 heavy (non-hydrogen) atoms. The van der Waals surface area contributed by atoms with Crippen LogP contribution in [0.3, 0.4) is 0 Å². The van der Waals surface area contributed by atoms with E-state index in [1.54, 1.807) is 26.0 Å². The molecule has 0 amide bonds. The van der Waals surface area contributed by atoms with E-state index in [9.17, 15) is 34.8 Å². The van der Waals surface area contributed by atoms with Crippen molar-refractivity contribution in [3.8, 4) is 0 Å². The van der Waals surface area contributed by atoms with Gasteiger partial charge in [-0.3, -0.25) is 9.59 Å². The van der Waals surface area contributed by atoms with Crippen LogP contribution in [0.1, 0.15) is 111 Å².